The topological polar surface area (TPSA) is 55.1 Å². The minimum Gasteiger partial charge on any atom is -0.354 e. The van der Waals surface area contributed by atoms with Gasteiger partial charge in [0.2, 0.25) is 5.91 Å². The molecule has 0 fully saturated rings. The minimum absolute atomic E-state index is 0.104. The van der Waals surface area contributed by atoms with Gasteiger partial charge in [0.1, 0.15) is 6.04 Å². The maximum absolute atomic E-state index is 11.7. The molecule has 0 saturated heterocycles. The van der Waals surface area contributed by atoms with Crippen molar-refractivity contribution in [2.45, 2.75) is 12.5 Å². The molecule has 0 aromatic heterocycles. The maximum atomic E-state index is 11.7. The monoisotopic (exact) mass is 238 g/mol. The average Bonchev–Trinajstić information content (AvgIpc) is 2.34. The van der Waals surface area contributed by atoms with Crippen LogP contribution in [0.2, 0.25) is 0 Å². The second kappa shape index (κ2) is 7.30. The van der Waals surface area contributed by atoms with Crippen molar-refractivity contribution in [2.75, 3.05) is 18.6 Å². The predicted octanol–water partition coefficient (Wildman–Crippen LogP) is 1.56. The van der Waals surface area contributed by atoms with E-state index in [0.717, 1.165) is 17.7 Å². The highest BCUT2D eigenvalue weighted by Gasteiger charge is 2.13. The van der Waals surface area contributed by atoms with Crippen LogP contribution in [0.5, 0.6) is 0 Å². The molecule has 0 spiro atoms. The van der Waals surface area contributed by atoms with Crippen LogP contribution in [0.3, 0.4) is 0 Å². The van der Waals surface area contributed by atoms with Gasteiger partial charge in [-0.1, -0.05) is 30.3 Å². The van der Waals surface area contributed by atoms with Crippen molar-refractivity contribution in [3.05, 3.63) is 35.9 Å². The zero-order valence-corrected chi connectivity index (χ0v) is 10.3. The molecule has 1 aromatic carbocycles. The van der Waals surface area contributed by atoms with Gasteiger partial charge in [0.15, 0.2) is 0 Å². The fourth-order valence-corrected chi connectivity index (χ4v) is 1.78. The van der Waals surface area contributed by atoms with Gasteiger partial charge in [0, 0.05) is 6.54 Å². The average molecular weight is 238 g/mol. The molecule has 0 bridgehead atoms. The Hall–Kier alpha value is -1.00. The summed E-state index contributed by atoms with van der Waals surface area (Å²) < 4.78 is 0. The number of amides is 1. The van der Waals surface area contributed by atoms with Crippen molar-refractivity contribution < 1.29 is 4.79 Å². The molecule has 3 N–H and O–H groups in total. The second-order valence-electron chi connectivity index (χ2n) is 3.53. The third kappa shape index (κ3) is 4.24. The quantitative estimate of drug-likeness (QED) is 0.739. The molecule has 1 atom stereocenters. The van der Waals surface area contributed by atoms with Crippen LogP contribution in [0, 0.1) is 0 Å². The zero-order valence-electron chi connectivity index (χ0n) is 9.48. The Morgan fingerprint density at radius 1 is 1.44 bits per heavy atom. The first-order valence-corrected chi connectivity index (χ1v) is 6.72. The number of nitrogens with one attached hydrogen (secondary N) is 1. The number of hydrogen-bond donors (Lipinski definition) is 2. The highest BCUT2D eigenvalue weighted by atomic mass is 32.2. The molecule has 0 aliphatic heterocycles. The summed E-state index contributed by atoms with van der Waals surface area (Å²) in [5, 5.41) is 2.84. The van der Waals surface area contributed by atoms with Gasteiger partial charge in [-0.2, -0.15) is 11.8 Å². The van der Waals surface area contributed by atoms with E-state index in [2.05, 4.69) is 11.6 Å². The summed E-state index contributed by atoms with van der Waals surface area (Å²) in [5.74, 6) is 0.952. The van der Waals surface area contributed by atoms with E-state index < -0.39 is 6.04 Å². The van der Waals surface area contributed by atoms with Crippen LogP contribution in [-0.2, 0) is 4.79 Å². The molecule has 3 nitrogen and oxygen atoms in total. The van der Waals surface area contributed by atoms with E-state index >= 15 is 0 Å². The number of rotatable bonds is 6. The van der Waals surface area contributed by atoms with Crippen molar-refractivity contribution >= 4 is 17.7 Å². The minimum atomic E-state index is -0.560. The van der Waals surface area contributed by atoms with E-state index in [9.17, 15) is 4.79 Å². The predicted molar refractivity (Wildman–Crippen MR) is 69.4 cm³/mol. The van der Waals surface area contributed by atoms with Gasteiger partial charge in [-0.3, -0.25) is 4.79 Å². The first kappa shape index (κ1) is 13.1. The van der Waals surface area contributed by atoms with Crippen LogP contribution in [0.4, 0.5) is 0 Å². The SMILES string of the molecule is CSCCCNC(=O)C(N)c1ccccc1. The van der Waals surface area contributed by atoms with Crippen LogP contribution < -0.4 is 11.1 Å². The van der Waals surface area contributed by atoms with E-state index in [1.807, 2.05) is 30.3 Å². The van der Waals surface area contributed by atoms with E-state index in [1.54, 1.807) is 11.8 Å². The van der Waals surface area contributed by atoms with E-state index in [-0.39, 0.29) is 5.91 Å². The fourth-order valence-electron chi connectivity index (χ4n) is 1.35. The maximum Gasteiger partial charge on any atom is 0.241 e. The lowest BCUT2D eigenvalue weighted by Crippen LogP contribution is -2.34. The zero-order chi connectivity index (χ0) is 11.8. The molecule has 1 rings (SSSR count). The third-order valence-corrected chi connectivity index (χ3v) is 2.96. The van der Waals surface area contributed by atoms with Gasteiger partial charge in [-0.25, -0.2) is 0 Å². The largest absolute Gasteiger partial charge is 0.354 e. The smallest absolute Gasteiger partial charge is 0.241 e. The van der Waals surface area contributed by atoms with Gasteiger partial charge in [0.05, 0.1) is 0 Å². The number of carbonyl (C=O) groups is 1. The third-order valence-electron chi connectivity index (χ3n) is 2.27. The molecular formula is C12H18N2OS. The van der Waals surface area contributed by atoms with Gasteiger partial charge >= 0.3 is 0 Å². The highest BCUT2D eigenvalue weighted by molar-refractivity contribution is 7.98. The summed E-state index contributed by atoms with van der Waals surface area (Å²) in [6.07, 6.45) is 3.03. The van der Waals surface area contributed by atoms with Crippen molar-refractivity contribution in [3.8, 4) is 0 Å². The first-order valence-electron chi connectivity index (χ1n) is 5.33. The Kier molecular flexibility index (Phi) is 5.96. The standard InChI is InChI=1S/C12H18N2OS/c1-16-9-5-8-14-12(15)11(13)10-6-3-2-4-7-10/h2-4,6-7,11H,5,8-9,13H2,1H3,(H,14,15). The van der Waals surface area contributed by atoms with Crippen molar-refractivity contribution in [3.63, 3.8) is 0 Å². The van der Waals surface area contributed by atoms with E-state index in [4.69, 9.17) is 5.73 Å². The lowest BCUT2D eigenvalue weighted by molar-refractivity contribution is -0.122. The molecular weight excluding hydrogens is 220 g/mol. The Balaban J connectivity index is 2.37. The number of carbonyl (C=O) groups excluding carboxylic acids is 1. The van der Waals surface area contributed by atoms with E-state index in [0.29, 0.717) is 6.54 Å². The molecule has 4 heteroatoms. The summed E-state index contributed by atoms with van der Waals surface area (Å²) >= 11 is 1.78. The van der Waals surface area contributed by atoms with Crippen molar-refractivity contribution in [1.82, 2.24) is 5.32 Å². The van der Waals surface area contributed by atoms with Crippen LogP contribution in [0.15, 0.2) is 30.3 Å². The Labute approximate surface area is 101 Å². The van der Waals surface area contributed by atoms with Gasteiger partial charge in [-0.05, 0) is 24.0 Å². The number of benzene rings is 1. The summed E-state index contributed by atoms with van der Waals surface area (Å²) in [7, 11) is 0. The summed E-state index contributed by atoms with van der Waals surface area (Å²) in [6, 6.07) is 8.85. The number of nitrogens with two attached hydrogens (primary N) is 1. The lowest BCUT2D eigenvalue weighted by atomic mass is 10.1. The molecule has 0 radical (unpaired) electrons. The number of thioether (sulfide) groups is 1. The highest BCUT2D eigenvalue weighted by Crippen LogP contribution is 2.09. The molecule has 1 aromatic rings. The molecule has 16 heavy (non-hydrogen) atoms. The van der Waals surface area contributed by atoms with Gasteiger partial charge < -0.3 is 11.1 Å². The normalized spacial score (nSPS) is 12.1. The van der Waals surface area contributed by atoms with Crippen LogP contribution >= 0.6 is 11.8 Å². The lowest BCUT2D eigenvalue weighted by Gasteiger charge is -2.12. The summed E-state index contributed by atoms with van der Waals surface area (Å²) in [6.45, 7) is 0.695. The van der Waals surface area contributed by atoms with Gasteiger partial charge in [-0.15, -0.1) is 0 Å². The van der Waals surface area contributed by atoms with Gasteiger partial charge in [0.25, 0.3) is 0 Å². The fraction of sp³-hybridized carbons (Fsp3) is 0.417. The molecule has 1 amide bonds. The van der Waals surface area contributed by atoms with Crippen molar-refractivity contribution in [2.24, 2.45) is 5.73 Å². The van der Waals surface area contributed by atoms with Crippen LogP contribution in [0.1, 0.15) is 18.0 Å². The van der Waals surface area contributed by atoms with Crippen molar-refractivity contribution in [1.29, 1.82) is 0 Å². The molecule has 0 aliphatic carbocycles. The Morgan fingerprint density at radius 2 is 2.12 bits per heavy atom. The molecule has 0 aliphatic rings. The number of hydrogen-bond acceptors (Lipinski definition) is 3. The summed E-state index contributed by atoms with van der Waals surface area (Å²) in [4.78, 5) is 11.7. The molecule has 0 saturated carbocycles. The van der Waals surface area contributed by atoms with Crippen LogP contribution in [-0.4, -0.2) is 24.5 Å². The molecule has 1 unspecified atom stereocenters. The second-order valence-corrected chi connectivity index (χ2v) is 4.51. The molecule has 0 heterocycles. The Morgan fingerprint density at radius 3 is 2.75 bits per heavy atom. The van der Waals surface area contributed by atoms with E-state index in [1.165, 1.54) is 0 Å². The molecule has 88 valence electrons. The van der Waals surface area contributed by atoms with Crippen LogP contribution in [0.25, 0.3) is 0 Å². The first-order chi connectivity index (χ1) is 7.75. The Bertz CT molecular complexity index is 316. The summed E-state index contributed by atoms with van der Waals surface area (Å²) in [5.41, 5.74) is 6.69.